The zero-order chi connectivity index (χ0) is 21.0. The SMILES string of the molecule is CC(C)C[C@H](NC(=O)N[C@@H]1CCS(=O)(=O)C1)C(=O)Nc1ccc2c(c1)OCCO2. The maximum absolute atomic E-state index is 12.8. The predicted octanol–water partition coefficient (Wildman–Crippen LogP) is 1.30. The maximum atomic E-state index is 12.8. The van der Waals surface area contributed by atoms with Gasteiger partial charge in [-0.25, -0.2) is 13.2 Å². The third-order valence-corrected chi connectivity index (χ3v) is 6.47. The van der Waals surface area contributed by atoms with Crippen molar-refractivity contribution in [2.45, 2.75) is 38.8 Å². The fourth-order valence-electron chi connectivity index (χ4n) is 3.35. The number of carbonyl (C=O) groups excluding carboxylic acids is 2. The largest absolute Gasteiger partial charge is 0.486 e. The molecule has 0 aromatic heterocycles. The second kappa shape index (κ2) is 8.89. The zero-order valence-corrected chi connectivity index (χ0v) is 17.4. The number of anilines is 1. The van der Waals surface area contributed by atoms with Crippen molar-refractivity contribution in [1.82, 2.24) is 10.6 Å². The van der Waals surface area contributed by atoms with Crippen LogP contribution >= 0.6 is 0 Å². The summed E-state index contributed by atoms with van der Waals surface area (Å²) >= 11 is 0. The van der Waals surface area contributed by atoms with E-state index in [0.29, 0.717) is 43.2 Å². The Labute approximate surface area is 170 Å². The summed E-state index contributed by atoms with van der Waals surface area (Å²) in [7, 11) is -3.10. The quantitative estimate of drug-likeness (QED) is 0.631. The summed E-state index contributed by atoms with van der Waals surface area (Å²) in [4.78, 5) is 25.1. The van der Waals surface area contributed by atoms with E-state index in [1.54, 1.807) is 18.2 Å². The molecule has 1 aromatic rings. The topological polar surface area (TPSA) is 123 Å². The van der Waals surface area contributed by atoms with E-state index < -0.39 is 28.0 Å². The van der Waals surface area contributed by atoms with Gasteiger partial charge >= 0.3 is 6.03 Å². The van der Waals surface area contributed by atoms with E-state index in [9.17, 15) is 18.0 Å². The van der Waals surface area contributed by atoms with Gasteiger partial charge in [0.05, 0.1) is 11.5 Å². The molecule has 160 valence electrons. The van der Waals surface area contributed by atoms with Gasteiger partial charge in [-0.15, -0.1) is 0 Å². The minimum absolute atomic E-state index is 0.0674. The number of benzene rings is 1. The van der Waals surface area contributed by atoms with Gasteiger partial charge in [-0.2, -0.15) is 0 Å². The molecule has 3 amide bonds. The van der Waals surface area contributed by atoms with Gasteiger partial charge in [0.1, 0.15) is 19.3 Å². The minimum atomic E-state index is -3.10. The summed E-state index contributed by atoms with van der Waals surface area (Å²) in [6.07, 6.45) is 0.820. The molecule has 10 heteroatoms. The highest BCUT2D eigenvalue weighted by Gasteiger charge is 2.30. The maximum Gasteiger partial charge on any atom is 0.315 e. The van der Waals surface area contributed by atoms with Crippen LogP contribution in [0.3, 0.4) is 0 Å². The fraction of sp³-hybridized carbons (Fsp3) is 0.579. The summed E-state index contributed by atoms with van der Waals surface area (Å²) in [5, 5.41) is 8.12. The van der Waals surface area contributed by atoms with Crippen molar-refractivity contribution in [3.63, 3.8) is 0 Å². The molecule has 2 aliphatic rings. The molecule has 0 aliphatic carbocycles. The van der Waals surface area contributed by atoms with Crippen LogP contribution < -0.4 is 25.4 Å². The van der Waals surface area contributed by atoms with Crippen LogP contribution in [0.2, 0.25) is 0 Å². The molecule has 0 spiro atoms. The number of ether oxygens (including phenoxy) is 2. The van der Waals surface area contributed by atoms with Gasteiger partial charge in [0, 0.05) is 17.8 Å². The average Bonchev–Trinajstić information content (AvgIpc) is 2.98. The van der Waals surface area contributed by atoms with Crippen LogP contribution in [0.15, 0.2) is 18.2 Å². The van der Waals surface area contributed by atoms with Crippen LogP contribution in [0.1, 0.15) is 26.7 Å². The summed E-state index contributed by atoms with van der Waals surface area (Å²) in [5.41, 5.74) is 0.539. The number of urea groups is 1. The number of sulfone groups is 1. The highest BCUT2D eigenvalue weighted by molar-refractivity contribution is 7.91. The number of hydrogen-bond acceptors (Lipinski definition) is 6. The van der Waals surface area contributed by atoms with E-state index in [0.717, 1.165) is 0 Å². The van der Waals surface area contributed by atoms with Crippen LogP contribution in [0.4, 0.5) is 10.5 Å². The van der Waals surface area contributed by atoms with E-state index in [1.807, 2.05) is 13.8 Å². The second-order valence-corrected chi connectivity index (χ2v) is 9.98. The molecule has 3 rings (SSSR count). The molecule has 0 saturated carbocycles. The average molecular weight is 426 g/mol. The van der Waals surface area contributed by atoms with Gasteiger partial charge in [-0.1, -0.05) is 13.8 Å². The first kappa shape index (κ1) is 21.2. The Hall–Kier alpha value is -2.49. The number of nitrogens with one attached hydrogen (secondary N) is 3. The Morgan fingerprint density at radius 1 is 1.17 bits per heavy atom. The Bertz CT molecular complexity index is 871. The van der Waals surface area contributed by atoms with E-state index in [2.05, 4.69) is 16.0 Å². The molecule has 2 atom stereocenters. The number of amides is 3. The molecule has 0 bridgehead atoms. The Kier molecular flexibility index (Phi) is 6.51. The molecule has 0 radical (unpaired) electrons. The lowest BCUT2D eigenvalue weighted by atomic mass is 10.0. The number of carbonyl (C=O) groups is 2. The smallest absolute Gasteiger partial charge is 0.315 e. The molecular weight excluding hydrogens is 398 g/mol. The molecule has 2 aliphatic heterocycles. The number of hydrogen-bond donors (Lipinski definition) is 3. The van der Waals surface area contributed by atoms with Gasteiger partial charge in [0.15, 0.2) is 21.3 Å². The second-order valence-electron chi connectivity index (χ2n) is 7.75. The molecule has 1 aromatic carbocycles. The monoisotopic (exact) mass is 425 g/mol. The minimum Gasteiger partial charge on any atom is -0.486 e. The molecule has 0 unspecified atom stereocenters. The van der Waals surface area contributed by atoms with Crippen molar-refractivity contribution in [3.05, 3.63) is 18.2 Å². The Morgan fingerprint density at radius 2 is 1.90 bits per heavy atom. The van der Waals surface area contributed by atoms with E-state index >= 15 is 0 Å². The molecule has 29 heavy (non-hydrogen) atoms. The van der Waals surface area contributed by atoms with E-state index in [-0.39, 0.29) is 23.3 Å². The van der Waals surface area contributed by atoms with Crippen LogP contribution in [0, 0.1) is 5.92 Å². The van der Waals surface area contributed by atoms with E-state index in [1.165, 1.54) is 0 Å². The van der Waals surface area contributed by atoms with Gasteiger partial charge in [0.25, 0.3) is 0 Å². The van der Waals surface area contributed by atoms with Crippen molar-refractivity contribution >= 4 is 27.5 Å². The lowest BCUT2D eigenvalue weighted by Crippen LogP contribution is -2.51. The lowest BCUT2D eigenvalue weighted by Gasteiger charge is -2.22. The van der Waals surface area contributed by atoms with Crippen molar-refractivity contribution in [2.24, 2.45) is 5.92 Å². The zero-order valence-electron chi connectivity index (χ0n) is 16.6. The molecular formula is C19H27N3O6S. The summed E-state index contributed by atoms with van der Waals surface area (Å²) in [5.74, 6) is 0.985. The molecule has 2 heterocycles. The summed E-state index contributed by atoms with van der Waals surface area (Å²) < 4.78 is 34.1. The third-order valence-electron chi connectivity index (χ3n) is 4.71. The first-order valence-corrected chi connectivity index (χ1v) is 11.5. The molecule has 1 fully saturated rings. The van der Waals surface area contributed by atoms with Crippen LogP contribution in [-0.4, -0.2) is 57.2 Å². The number of rotatable bonds is 6. The van der Waals surface area contributed by atoms with Gasteiger partial charge in [0.2, 0.25) is 5.91 Å². The first-order valence-electron chi connectivity index (χ1n) is 9.70. The van der Waals surface area contributed by atoms with Gasteiger partial charge in [-0.05, 0) is 30.9 Å². The standard InChI is InChI=1S/C19H27N3O6S/c1-12(2)9-15(22-19(24)21-14-5-8-29(25,26)11-14)18(23)20-13-3-4-16-17(10-13)28-7-6-27-16/h3-4,10,12,14-15H,5-9,11H2,1-2H3,(H,20,23)(H2,21,22,24)/t14-,15+/m1/s1. The predicted molar refractivity (Wildman–Crippen MR) is 108 cm³/mol. The summed E-state index contributed by atoms with van der Waals surface area (Å²) in [6, 6.07) is 3.38. The normalized spacial score (nSPS) is 20.7. The van der Waals surface area contributed by atoms with Gasteiger partial charge in [-0.3, -0.25) is 4.79 Å². The first-order chi connectivity index (χ1) is 13.7. The van der Waals surface area contributed by atoms with Crippen molar-refractivity contribution in [1.29, 1.82) is 0 Å². The summed E-state index contributed by atoms with van der Waals surface area (Å²) in [6.45, 7) is 4.83. The highest BCUT2D eigenvalue weighted by Crippen LogP contribution is 2.32. The molecule has 3 N–H and O–H groups in total. The van der Waals surface area contributed by atoms with Crippen LogP contribution in [-0.2, 0) is 14.6 Å². The van der Waals surface area contributed by atoms with Crippen LogP contribution in [0.25, 0.3) is 0 Å². The van der Waals surface area contributed by atoms with Crippen molar-refractivity contribution in [3.8, 4) is 11.5 Å². The Balaban J connectivity index is 1.61. The van der Waals surface area contributed by atoms with E-state index in [4.69, 9.17) is 9.47 Å². The molecule has 1 saturated heterocycles. The fourth-order valence-corrected chi connectivity index (χ4v) is 5.02. The number of fused-ring (bicyclic) bond motifs is 1. The van der Waals surface area contributed by atoms with Crippen molar-refractivity contribution in [2.75, 3.05) is 30.0 Å². The lowest BCUT2D eigenvalue weighted by molar-refractivity contribution is -0.118. The third kappa shape index (κ3) is 5.99. The van der Waals surface area contributed by atoms with Crippen molar-refractivity contribution < 1.29 is 27.5 Å². The Morgan fingerprint density at radius 3 is 2.55 bits per heavy atom. The van der Waals surface area contributed by atoms with Gasteiger partial charge < -0.3 is 25.4 Å². The van der Waals surface area contributed by atoms with Crippen LogP contribution in [0.5, 0.6) is 11.5 Å². The molecule has 9 nitrogen and oxygen atoms in total. The highest BCUT2D eigenvalue weighted by atomic mass is 32.2.